The zero-order chi connectivity index (χ0) is 18.7. The van der Waals surface area contributed by atoms with Crippen molar-refractivity contribution in [3.63, 3.8) is 0 Å². The van der Waals surface area contributed by atoms with E-state index in [4.69, 9.17) is 4.74 Å². The minimum Gasteiger partial charge on any atom is -0.378 e. The Hall–Kier alpha value is -0.810. The van der Waals surface area contributed by atoms with Gasteiger partial charge in [0.2, 0.25) is 5.91 Å². The summed E-state index contributed by atoms with van der Waals surface area (Å²) >= 11 is 0. The third kappa shape index (κ3) is 5.85. The maximum atomic E-state index is 13.0. The molecule has 0 spiro atoms. The second kappa shape index (κ2) is 10.8. The number of carbonyl (C=O) groups is 2. The Balaban J connectivity index is 0.00000196. The van der Waals surface area contributed by atoms with Crippen molar-refractivity contribution in [3.8, 4) is 0 Å². The number of hydrogen-bond acceptors (Lipinski definition) is 5. The minimum absolute atomic E-state index is 0. The fourth-order valence-corrected chi connectivity index (χ4v) is 3.92. The lowest BCUT2D eigenvalue weighted by atomic mass is 10.0. The van der Waals surface area contributed by atoms with Crippen molar-refractivity contribution < 1.29 is 27.5 Å². The topological polar surface area (TPSA) is 65.1 Å². The Morgan fingerprint density at radius 2 is 1.57 bits per heavy atom. The lowest BCUT2D eigenvalue weighted by Crippen LogP contribution is -2.65. The molecule has 3 aliphatic rings. The van der Waals surface area contributed by atoms with Gasteiger partial charge >= 0.3 is 12.1 Å². The van der Waals surface area contributed by atoms with Crippen molar-refractivity contribution in [3.05, 3.63) is 0 Å². The van der Waals surface area contributed by atoms with Gasteiger partial charge in [0.05, 0.1) is 13.2 Å². The molecular formula is C16H27Cl2F3N4O3. The van der Waals surface area contributed by atoms with Gasteiger partial charge in [-0.2, -0.15) is 13.2 Å². The van der Waals surface area contributed by atoms with Crippen LogP contribution in [0.25, 0.3) is 0 Å². The molecule has 0 aromatic rings. The zero-order valence-electron chi connectivity index (χ0n) is 15.4. The van der Waals surface area contributed by atoms with Gasteiger partial charge in [0.25, 0.3) is 0 Å². The number of amides is 2. The van der Waals surface area contributed by atoms with Crippen molar-refractivity contribution in [2.24, 2.45) is 0 Å². The predicted octanol–water partition coefficient (Wildman–Crippen LogP) is 0.516. The number of alkyl halides is 3. The van der Waals surface area contributed by atoms with Gasteiger partial charge in [-0.25, -0.2) is 0 Å². The van der Waals surface area contributed by atoms with Gasteiger partial charge in [0.1, 0.15) is 6.04 Å². The van der Waals surface area contributed by atoms with Crippen LogP contribution in [-0.4, -0.2) is 104 Å². The highest BCUT2D eigenvalue weighted by Gasteiger charge is 2.49. The highest BCUT2D eigenvalue weighted by atomic mass is 35.5. The number of morpholine rings is 1. The van der Waals surface area contributed by atoms with Crippen molar-refractivity contribution >= 4 is 36.6 Å². The van der Waals surface area contributed by atoms with Crippen LogP contribution in [-0.2, 0) is 14.3 Å². The second-order valence-electron chi connectivity index (χ2n) is 6.93. The summed E-state index contributed by atoms with van der Waals surface area (Å²) in [7, 11) is 0. The molecule has 0 radical (unpaired) electrons. The smallest absolute Gasteiger partial charge is 0.378 e. The molecule has 7 nitrogen and oxygen atoms in total. The van der Waals surface area contributed by atoms with Crippen LogP contribution in [0, 0.1) is 0 Å². The SMILES string of the molecule is Cl.Cl.O=C(C1CN(C2CCNCC2)CCN1C(=O)C(F)(F)F)N1CCOCC1. The van der Waals surface area contributed by atoms with Gasteiger partial charge in [0, 0.05) is 38.8 Å². The Morgan fingerprint density at radius 3 is 2.14 bits per heavy atom. The molecule has 0 aliphatic carbocycles. The summed E-state index contributed by atoms with van der Waals surface area (Å²) in [6, 6.07) is -0.856. The number of hydrogen-bond donors (Lipinski definition) is 1. The molecule has 164 valence electrons. The quantitative estimate of drug-likeness (QED) is 0.664. The second-order valence-corrected chi connectivity index (χ2v) is 6.93. The molecule has 0 aromatic heterocycles. The van der Waals surface area contributed by atoms with Gasteiger partial charge < -0.3 is 19.9 Å². The Bertz CT molecular complexity index is 530. The Morgan fingerprint density at radius 1 is 0.964 bits per heavy atom. The van der Waals surface area contributed by atoms with Crippen LogP contribution in [0.5, 0.6) is 0 Å². The first kappa shape index (κ1) is 25.2. The normalized spacial score (nSPS) is 24.9. The number of rotatable bonds is 2. The molecule has 3 rings (SSSR count). The third-order valence-electron chi connectivity index (χ3n) is 5.35. The first-order chi connectivity index (χ1) is 12.4. The summed E-state index contributed by atoms with van der Waals surface area (Å²) in [5, 5.41) is 3.26. The summed E-state index contributed by atoms with van der Waals surface area (Å²) in [6.45, 7) is 3.56. The molecule has 0 aromatic carbocycles. The lowest BCUT2D eigenvalue weighted by Gasteiger charge is -2.46. The number of nitrogens with zero attached hydrogens (tertiary/aromatic N) is 3. The Labute approximate surface area is 174 Å². The average molecular weight is 451 g/mol. The summed E-state index contributed by atoms with van der Waals surface area (Å²) in [5.74, 6) is -2.33. The average Bonchev–Trinajstić information content (AvgIpc) is 2.67. The molecule has 12 heteroatoms. The van der Waals surface area contributed by atoms with Crippen LogP contribution in [0.1, 0.15) is 12.8 Å². The largest absolute Gasteiger partial charge is 0.471 e. The van der Waals surface area contributed by atoms with Crippen LogP contribution in [0.3, 0.4) is 0 Å². The standard InChI is InChI=1S/C16H25F3N4O3.2ClH/c17-16(18,19)15(25)23-6-5-22(12-1-3-20-4-2-12)11-13(23)14(24)21-7-9-26-10-8-21;;/h12-13,20H,1-11H2;2*1H. The van der Waals surface area contributed by atoms with E-state index in [0.29, 0.717) is 32.8 Å². The van der Waals surface area contributed by atoms with Gasteiger partial charge in [-0.15, -0.1) is 24.8 Å². The first-order valence-electron chi connectivity index (χ1n) is 9.07. The molecule has 2 amide bonds. The van der Waals surface area contributed by atoms with E-state index in [9.17, 15) is 22.8 Å². The highest BCUT2D eigenvalue weighted by Crippen LogP contribution is 2.25. The van der Waals surface area contributed by atoms with E-state index in [-0.39, 0.29) is 43.9 Å². The van der Waals surface area contributed by atoms with E-state index in [2.05, 4.69) is 10.2 Å². The minimum atomic E-state index is -4.97. The van der Waals surface area contributed by atoms with E-state index in [1.54, 1.807) is 0 Å². The van der Waals surface area contributed by atoms with Crippen LogP contribution < -0.4 is 5.32 Å². The van der Waals surface area contributed by atoms with E-state index >= 15 is 0 Å². The predicted molar refractivity (Wildman–Crippen MR) is 101 cm³/mol. The van der Waals surface area contributed by atoms with E-state index < -0.39 is 24.0 Å². The van der Waals surface area contributed by atoms with Crippen molar-refractivity contribution in [2.45, 2.75) is 31.1 Å². The summed E-state index contributed by atoms with van der Waals surface area (Å²) in [6.07, 6.45) is -3.18. The molecule has 28 heavy (non-hydrogen) atoms. The van der Waals surface area contributed by atoms with Crippen molar-refractivity contribution in [1.82, 2.24) is 20.0 Å². The maximum absolute atomic E-state index is 13.0. The molecule has 3 fully saturated rings. The molecular weight excluding hydrogens is 424 g/mol. The third-order valence-corrected chi connectivity index (χ3v) is 5.35. The Kier molecular flexibility index (Phi) is 9.75. The molecule has 1 unspecified atom stereocenters. The molecule has 0 saturated carbocycles. The number of nitrogens with one attached hydrogen (secondary N) is 1. The lowest BCUT2D eigenvalue weighted by molar-refractivity contribution is -0.192. The highest BCUT2D eigenvalue weighted by molar-refractivity contribution is 5.90. The monoisotopic (exact) mass is 450 g/mol. The van der Waals surface area contributed by atoms with Gasteiger partial charge in [0.15, 0.2) is 0 Å². The summed E-state index contributed by atoms with van der Waals surface area (Å²) in [5.41, 5.74) is 0. The van der Waals surface area contributed by atoms with E-state index in [1.807, 2.05) is 0 Å². The fourth-order valence-electron chi connectivity index (χ4n) is 3.92. The number of carbonyl (C=O) groups excluding carboxylic acids is 2. The number of halogens is 5. The molecule has 3 heterocycles. The summed E-state index contributed by atoms with van der Waals surface area (Å²) < 4.78 is 44.2. The molecule has 0 bridgehead atoms. The fraction of sp³-hybridized carbons (Fsp3) is 0.875. The zero-order valence-corrected chi connectivity index (χ0v) is 17.1. The van der Waals surface area contributed by atoms with E-state index in [1.165, 1.54) is 4.90 Å². The van der Waals surface area contributed by atoms with E-state index in [0.717, 1.165) is 30.8 Å². The number of piperazine rings is 1. The molecule has 1 atom stereocenters. The van der Waals surface area contributed by atoms with Crippen LogP contribution in [0.2, 0.25) is 0 Å². The van der Waals surface area contributed by atoms with Gasteiger partial charge in [-0.05, 0) is 25.9 Å². The van der Waals surface area contributed by atoms with Gasteiger partial charge in [-0.3, -0.25) is 14.5 Å². The van der Waals surface area contributed by atoms with Crippen LogP contribution in [0.15, 0.2) is 0 Å². The molecule has 1 N–H and O–H groups in total. The number of ether oxygens (including phenoxy) is 1. The molecule has 3 aliphatic heterocycles. The number of piperidine rings is 1. The maximum Gasteiger partial charge on any atom is 0.471 e. The summed E-state index contributed by atoms with van der Waals surface area (Å²) in [4.78, 5) is 29.1. The van der Waals surface area contributed by atoms with Crippen LogP contribution >= 0.6 is 24.8 Å². The van der Waals surface area contributed by atoms with Crippen molar-refractivity contribution in [2.75, 3.05) is 59.0 Å². The van der Waals surface area contributed by atoms with Crippen molar-refractivity contribution in [1.29, 1.82) is 0 Å². The van der Waals surface area contributed by atoms with Gasteiger partial charge in [-0.1, -0.05) is 0 Å². The molecule has 3 saturated heterocycles. The van der Waals surface area contributed by atoms with Crippen LogP contribution in [0.4, 0.5) is 13.2 Å². The first-order valence-corrected chi connectivity index (χ1v) is 9.07.